The molecule has 0 fully saturated rings. The Hall–Kier alpha value is -1.84. The number of aromatic nitrogens is 2. The van der Waals surface area contributed by atoms with Crippen molar-refractivity contribution in [3.8, 4) is 11.3 Å². The van der Waals surface area contributed by atoms with Crippen molar-refractivity contribution in [2.45, 2.75) is 19.9 Å². The van der Waals surface area contributed by atoms with Crippen LogP contribution in [0.5, 0.6) is 0 Å². The highest BCUT2D eigenvalue weighted by atomic mass is 19.1. The molecular weight excluding hydrogens is 205 g/mol. The molecule has 0 aliphatic heterocycles. The van der Waals surface area contributed by atoms with Gasteiger partial charge in [0.25, 0.3) is 0 Å². The second-order valence-electron chi connectivity index (χ2n) is 3.99. The first-order valence-corrected chi connectivity index (χ1v) is 5.19. The van der Waals surface area contributed by atoms with E-state index >= 15 is 0 Å². The number of hydrogen-bond donors (Lipinski definition) is 1. The van der Waals surface area contributed by atoms with E-state index in [-0.39, 0.29) is 11.9 Å². The Morgan fingerprint density at radius 1 is 1.31 bits per heavy atom. The summed E-state index contributed by atoms with van der Waals surface area (Å²) in [4.78, 5) is 0. The van der Waals surface area contributed by atoms with Crippen LogP contribution in [-0.2, 0) is 0 Å². The minimum absolute atomic E-state index is 0.211. The SMILES string of the molecule is CC(C)n1cc(N)c(-c2ccccc2F)n1. The van der Waals surface area contributed by atoms with Crippen LogP contribution in [0.2, 0.25) is 0 Å². The van der Waals surface area contributed by atoms with Crippen molar-refractivity contribution in [1.82, 2.24) is 9.78 Å². The molecule has 3 nitrogen and oxygen atoms in total. The van der Waals surface area contributed by atoms with Crippen LogP contribution in [0.15, 0.2) is 30.5 Å². The zero-order valence-corrected chi connectivity index (χ0v) is 9.31. The van der Waals surface area contributed by atoms with E-state index in [0.717, 1.165) is 0 Å². The predicted octanol–water partition coefficient (Wildman–Crippen LogP) is 2.85. The summed E-state index contributed by atoms with van der Waals surface area (Å²) in [5.41, 5.74) is 7.28. The molecule has 0 bridgehead atoms. The molecule has 84 valence electrons. The number of nitrogens with zero attached hydrogens (tertiary/aromatic N) is 2. The summed E-state index contributed by atoms with van der Waals surface area (Å²) in [6.07, 6.45) is 1.73. The van der Waals surface area contributed by atoms with Gasteiger partial charge in [-0.3, -0.25) is 4.68 Å². The Kier molecular flexibility index (Phi) is 2.64. The molecule has 16 heavy (non-hydrogen) atoms. The zero-order valence-electron chi connectivity index (χ0n) is 9.31. The second-order valence-corrected chi connectivity index (χ2v) is 3.99. The fraction of sp³-hybridized carbons (Fsp3) is 0.250. The van der Waals surface area contributed by atoms with Gasteiger partial charge in [0.2, 0.25) is 0 Å². The fourth-order valence-electron chi connectivity index (χ4n) is 1.53. The Morgan fingerprint density at radius 3 is 2.56 bits per heavy atom. The van der Waals surface area contributed by atoms with Gasteiger partial charge in [-0.05, 0) is 26.0 Å². The van der Waals surface area contributed by atoms with Gasteiger partial charge in [0, 0.05) is 17.8 Å². The average Bonchev–Trinajstić information content (AvgIpc) is 2.61. The largest absolute Gasteiger partial charge is 0.396 e. The molecule has 0 saturated carbocycles. The van der Waals surface area contributed by atoms with E-state index in [0.29, 0.717) is 16.9 Å². The van der Waals surface area contributed by atoms with E-state index in [1.165, 1.54) is 6.07 Å². The van der Waals surface area contributed by atoms with E-state index in [1.54, 1.807) is 29.1 Å². The van der Waals surface area contributed by atoms with Crippen LogP contribution in [0.4, 0.5) is 10.1 Å². The van der Waals surface area contributed by atoms with Gasteiger partial charge in [-0.2, -0.15) is 5.10 Å². The molecule has 1 aromatic heterocycles. The topological polar surface area (TPSA) is 43.8 Å². The van der Waals surface area contributed by atoms with Crippen LogP contribution in [0.1, 0.15) is 19.9 Å². The number of benzene rings is 1. The van der Waals surface area contributed by atoms with Gasteiger partial charge in [0.15, 0.2) is 0 Å². The van der Waals surface area contributed by atoms with Crippen LogP contribution < -0.4 is 5.73 Å². The standard InChI is InChI=1S/C12H14FN3/c1-8(2)16-7-11(14)12(15-16)9-5-3-4-6-10(9)13/h3-8H,14H2,1-2H3. The minimum Gasteiger partial charge on any atom is -0.396 e. The summed E-state index contributed by atoms with van der Waals surface area (Å²) in [5, 5.41) is 4.29. The highest BCUT2D eigenvalue weighted by molar-refractivity contribution is 5.72. The Balaban J connectivity index is 2.52. The van der Waals surface area contributed by atoms with Crippen LogP contribution in [0.25, 0.3) is 11.3 Å². The molecule has 1 heterocycles. The molecule has 0 unspecified atom stereocenters. The molecule has 0 radical (unpaired) electrons. The Bertz CT molecular complexity index is 503. The molecular formula is C12H14FN3. The lowest BCUT2D eigenvalue weighted by Crippen LogP contribution is -2.00. The minimum atomic E-state index is -0.303. The molecule has 2 rings (SSSR count). The summed E-state index contributed by atoms with van der Waals surface area (Å²) < 4.78 is 15.3. The number of hydrogen-bond acceptors (Lipinski definition) is 2. The van der Waals surface area contributed by atoms with Gasteiger partial charge in [-0.25, -0.2) is 4.39 Å². The highest BCUT2D eigenvalue weighted by Crippen LogP contribution is 2.27. The van der Waals surface area contributed by atoms with Gasteiger partial charge >= 0.3 is 0 Å². The number of anilines is 1. The van der Waals surface area contributed by atoms with Crippen molar-refractivity contribution in [1.29, 1.82) is 0 Å². The van der Waals surface area contributed by atoms with E-state index < -0.39 is 0 Å². The van der Waals surface area contributed by atoms with Crippen molar-refractivity contribution in [3.05, 3.63) is 36.3 Å². The maximum absolute atomic E-state index is 13.6. The predicted molar refractivity (Wildman–Crippen MR) is 62.4 cm³/mol. The summed E-state index contributed by atoms with van der Waals surface area (Å²) in [7, 11) is 0. The van der Waals surface area contributed by atoms with E-state index in [1.807, 2.05) is 13.8 Å². The quantitative estimate of drug-likeness (QED) is 0.844. The van der Waals surface area contributed by atoms with Crippen LogP contribution in [-0.4, -0.2) is 9.78 Å². The molecule has 1 aromatic carbocycles. The molecule has 0 amide bonds. The van der Waals surface area contributed by atoms with E-state index in [9.17, 15) is 4.39 Å². The zero-order chi connectivity index (χ0) is 11.7. The van der Waals surface area contributed by atoms with Crippen molar-refractivity contribution < 1.29 is 4.39 Å². The van der Waals surface area contributed by atoms with Crippen molar-refractivity contribution >= 4 is 5.69 Å². The molecule has 2 aromatic rings. The molecule has 0 aliphatic rings. The monoisotopic (exact) mass is 219 g/mol. The molecule has 2 N–H and O–H groups in total. The average molecular weight is 219 g/mol. The van der Waals surface area contributed by atoms with Gasteiger partial charge in [-0.1, -0.05) is 12.1 Å². The Morgan fingerprint density at radius 2 is 2.00 bits per heavy atom. The van der Waals surface area contributed by atoms with Crippen LogP contribution in [0.3, 0.4) is 0 Å². The number of halogens is 1. The lowest BCUT2D eigenvalue weighted by Gasteiger charge is -2.03. The summed E-state index contributed by atoms with van der Waals surface area (Å²) >= 11 is 0. The lowest BCUT2D eigenvalue weighted by molar-refractivity contribution is 0.533. The normalized spacial score (nSPS) is 11.0. The maximum Gasteiger partial charge on any atom is 0.132 e. The molecule has 0 aliphatic carbocycles. The molecule has 0 spiro atoms. The van der Waals surface area contributed by atoms with Gasteiger partial charge < -0.3 is 5.73 Å². The second kappa shape index (κ2) is 3.96. The Labute approximate surface area is 93.7 Å². The smallest absolute Gasteiger partial charge is 0.132 e. The number of rotatable bonds is 2. The third-order valence-electron chi connectivity index (χ3n) is 2.42. The van der Waals surface area contributed by atoms with Gasteiger partial charge in [0.1, 0.15) is 11.5 Å². The van der Waals surface area contributed by atoms with Crippen molar-refractivity contribution in [3.63, 3.8) is 0 Å². The van der Waals surface area contributed by atoms with Crippen molar-refractivity contribution in [2.75, 3.05) is 5.73 Å². The maximum atomic E-state index is 13.6. The first-order valence-electron chi connectivity index (χ1n) is 5.19. The first kappa shape index (κ1) is 10.7. The number of nitrogen functional groups attached to an aromatic ring is 1. The summed E-state index contributed by atoms with van der Waals surface area (Å²) in [6.45, 7) is 4.00. The van der Waals surface area contributed by atoms with E-state index in [2.05, 4.69) is 5.10 Å². The number of nitrogens with two attached hydrogens (primary N) is 1. The molecule has 4 heteroatoms. The van der Waals surface area contributed by atoms with Crippen molar-refractivity contribution in [2.24, 2.45) is 0 Å². The molecule has 0 atom stereocenters. The first-order chi connectivity index (χ1) is 7.59. The van der Waals surface area contributed by atoms with Gasteiger partial charge in [-0.15, -0.1) is 0 Å². The fourth-order valence-corrected chi connectivity index (χ4v) is 1.53. The van der Waals surface area contributed by atoms with E-state index in [4.69, 9.17) is 5.73 Å². The molecule has 0 saturated heterocycles. The third kappa shape index (κ3) is 1.78. The third-order valence-corrected chi connectivity index (χ3v) is 2.42. The van der Waals surface area contributed by atoms with Gasteiger partial charge in [0.05, 0.1) is 5.69 Å². The lowest BCUT2D eigenvalue weighted by atomic mass is 10.1. The highest BCUT2D eigenvalue weighted by Gasteiger charge is 2.13. The summed E-state index contributed by atoms with van der Waals surface area (Å²) in [6, 6.07) is 6.71. The summed E-state index contributed by atoms with van der Waals surface area (Å²) in [5.74, 6) is -0.303. The van der Waals surface area contributed by atoms with Crippen LogP contribution in [0, 0.1) is 5.82 Å². The van der Waals surface area contributed by atoms with Crippen LogP contribution >= 0.6 is 0 Å².